The maximum Gasteiger partial charge on any atom is 0.281 e. The molecule has 0 aliphatic rings. The lowest BCUT2D eigenvalue weighted by molar-refractivity contribution is 0.167. The minimum atomic E-state index is -0.871. The molecule has 0 amide bonds. The largest absolute Gasteiger partial charge is 0.493 e. The first-order valence-corrected chi connectivity index (χ1v) is 7.94. The van der Waals surface area contributed by atoms with Crippen LogP contribution in [-0.2, 0) is 13.0 Å². The number of nitriles is 1. The van der Waals surface area contributed by atoms with E-state index in [2.05, 4.69) is 10.2 Å². The van der Waals surface area contributed by atoms with Crippen LogP contribution in [0.25, 0.3) is 0 Å². The highest BCUT2D eigenvalue weighted by atomic mass is 16.3. The van der Waals surface area contributed by atoms with Crippen molar-refractivity contribution in [2.45, 2.75) is 39.8 Å². The van der Waals surface area contributed by atoms with E-state index >= 15 is 0 Å². The van der Waals surface area contributed by atoms with Crippen LogP contribution in [0.15, 0.2) is 39.3 Å². The number of hydrogen-bond donors (Lipinski definition) is 2. The summed E-state index contributed by atoms with van der Waals surface area (Å²) >= 11 is 0. The predicted octanol–water partition coefficient (Wildman–Crippen LogP) is 3.09. The molecule has 25 heavy (non-hydrogen) atoms. The van der Waals surface area contributed by atoms with Crippen LogP contribution in [0.1, 0.15) is 30.5 Å². The molecule has 0 bridgehead atoms. The minimum Gasteiger partial charge on any atom is -0.493 e. The van der Waals surface area contributed by atoms with Crippen LogP contribution in [-0.4, -0.2) is 20.9 Å². The number of rotatable bonds is 5. The molecule has 1 aromatic carbocycles. The van der Waals surface area contributed by atoms with Crippen molar-refractivity contribution >= 4 is 11.4 Å². The summed E-state index contributed by atoms with van der Waals surface area (Å²) < 4.78 is 0.935. The third-order valence-electron chi connectivity index (χ3n) is 3.83. The standard InChI is InChI=1S/C18H20N4O3/c1-4-13-5-7-14(8-6-13)20-21-16-12(3)15(9-19)17(24)22(18(16)25)10-11(2)23/h5-8,11,23-24H,4,10H2,1-3H3. The van der Waals surface area contributed by atoms with Gasteiger partial charge in [-0.3, -0.25) is 9.36 Å². The average Bonchev–Trinajstić information content (AvgIpc) is 2.59. The van der Waals surface area contributed by atoms with Gasteiger partial charge in [-0.2, -0.15) is 10.4 Å². The number of aromatic hydroxyl groups is 1. The summed E-state index contributed by atoms with van der Waals surface area (Å²) in [5.74, 6) is -0.475. The van der Waals surface area contributed by atoms with Crippen molar-refractivity contribution in [3.63, 3.8) is 0 Å². The molecule has 1 unspecified atom stereocenters. The van der Waals surface area contributed by atoms with Crippen molar-refractivity contribution in [1.29, 1.82) is 5.26 Å². The van der Waals surface area contributed by atoms with E-state index in [0.29, 0.717) is 5.69 Å². The van der Waals surface area contributed by atoms with Crippen molar-refractivity contribution in [3.8, 4) is 11.9 Å². The summed E-state index contributed by atoms with van der Waals surface area (Å²) in [6, 6.07) is 9.29. The monoisotopic (exact) mass is 340 g/mol. The number of aliphatic hydroxyl groups excluding tert-OH is 1. The second-order valence-corrected chi connectivity index (χ2v) is 5.77. The SMILES string of the molecule is CCc1ccc(N=Nc2c(C)c(C#N)c(O)n(CC(C)O)c2=O)cc1. The Balaban J connectivity index is 2.54. The predicted molar refractivity (Wildman–Crippen MR) is 93.5 cm³/mol. The maximum absolute atomic E-state index is 12.6. The van der Waals surface area contributed by atoms with Gasteiger partial charge in [0.2, 0.25) is 5.88 Å². The molecule has 7 heteroatoms. The summed E-state index contributed by atoms with van der Waals surface area (Å²) in [6.45, 7) is 4.91. The second-order valence-electron chi connectivity index (χ2n) is 5.77. The van der Waals surface area contributed by atoms with Crippen molar-refractivity contribution in [2.24, 2.45) is 10.2 Å². The molecule has 130 valence electrons. The highest BCUT2D eigenvalue weighted by Crippen LogP contribution is 2.27. The Morgan fingerprint density at radius 1 is 1.28 bits per heavy atom. The van der Waals surface area contributed by atoms with Crippen LogP contribution in [0, 0.1) is 18.3 Å². The lowest BCUT2D eigenvalue weighted by atomic mass is 10.1. The quantitative estimate of drug-likeness (QED) is 0.815. The molecule has 1 heterocycles. The van der Waals surface area contributed by atoms with Crippen LogP contribution < -0.4 is 5.56 Å². The summed E-state index contributed by atoms with van der Waals surface area (Å²) in [7, 11) is 0. The van der Waals surface area contributed by atoms with Crippen molar-refractivity contribution < 1.29 is 10.2 Å². The molecule has 1 aromatic heterocycles. The normalized spacial score (nSPS) is 12.3. The molecule has 0 aliphatic carbocycles. The first kappa shape index (κ1) is 18.4. The fourth-order valence-electron chi connectivity index (χ4n) is 2.40. The van der Waals surface area contributed by atoms with E-state index in [4.69, 9.17) is 0 Å². The molecule has 2 rings (SSSR count). The molecule has 2 N–H and O–H groups in total. The van der Waals surface area contributed by atoms with Gasteiger partial charge in [0.05, 0.1) is 18.3 Å². The molecule has 0 fully saturated rings. The molecule has 1 atom stereocenters. The Labute approximate surface area is 145 Å². The first-order chi connectivity index (χ1) is 11.9. The van der Waals surface area contributed by atoms with Crippen LogP contribution in [0.3, 0.4) is 0 Å². The molecule has 0 saturated carbocycles. The Bertz CT molecular complexity index is 891. The molecule has 0 radical (unpaired) electrons. The van der Waals surface area contributed by atoms with E-state index in [0.717, 1.165) is 16.6 Å². The van der Waals surface area contributed by atoms with E-state index in [1.165, 1.54) is 13.8 Å². The molecule has 2 aromatic rings. The fourth-order valence-corrected chi connectivity index (χ4v) is 2.40. The van der Waals surface area contributed by atoms with E-state index in [-0.39, 0.29) is 23.4 Å². The summed E-state index contributed by atoms with van der Waals surface area (Å²) in [5.41, 5.74) is 1.28. The minimum absolute atomic E-state index is 0.0328. The van der Waals surface area contributed by atoms with Crippen molar-refractivity contribution in [3.05, 3.63) is 51.3 Å². The number of aromatic nitrogens is 1. The number of hydrogen-bond acceptors (Lipinski definition) is 6. The van der Waals surface area contributed by atoms with Crippen molar-refractivity contribution in [2.75, 3.05) is 0 Å². The number of benzene rings is 1. The van der Waals surface area contributed by atoms with Gasteiger partial charge < -0.3 is 10.2 Å². The third kappa shape index (κ3) is 3.92. The molecule has 7 nitrogen and oxygen atoms in total. The zero-order chi connectivity index (χ0) is 18.6. The smallest absolute Gasteiger partial charge is 0.281 e. The lowest BCUT2D eigenvalue weighted by Crippen LogP contribution is -2.26. The number of aliphatic hydroxyl groups is 1. The van der Waals surface area contributed by atoms with Crippen LogP contribution in [0.5, 0.6) is 5.88 Å². The lowest BCUT2D eigenvalue weighted by Gasteiger charge is -2.14. The summed E-state index contributed by atoms with van der Waals surface area (Å²) in [6.07, 6.45) is 0.0357. The van der Waals surface area contributed by atoms with E-state index in [1.807, 2.05) is 25.1 Å². The number of aryl methyl sites for hydroxylation is 1. The van der Waals surface area contributed by atoms with E-state index in [9.17, 15) is 20.3 Å². The van der Waals surface area contributed by atoms with Crippen LogP contribution in [0.4, 0.5) is 11.4 Å². The van der Waals surface area contributed by atoms with E-state index in [1.54, 1.807) is 12.1 Å². The van der Waals surface area contributed by atoms with Gasteiger partial charge >= 0.3 is 0 Å². The van der Waals surface area contributed by atoms with Crippen LogP contribution >= 0.6 is 0 Å². The summed E-state index contributed by atoms with van der Waals surface area (Å²) in [5, 5.41) is 37.0. The summed E-state index contributed by atoms with van der Waals surface area (Å²) in [4.78, 5) is 12.6. The number of nitrogens with zero attached hydrogens (tertiary/aromatic N) is 4. The Kier molecular flexibility index (Phi) is 5.67. The molecule has 0 aliphatic heterocycles. The second kappa shape index (κ2) is 7.73. The maximum atomic E-state index is 12.6. The molecular weight excluding hydrogens is 320 g/mol. The van der Waals surface area contributed by atoms with Crippen molar-refractivity contribution in [1.82, 2.24) is 4.57 Å². The Morgan fingerprint density at radius 2 is 1.92 bits per heavy atom. The fraction of sp³-hybridized carbons (Fsp3) is 0.333. The topological polar surface area (TPSA) is 111 Å². The van der Waals surface area contributed by atoms with Gasteiger partial charge in [0.25, 0.3) is 5.56 Å². The van der Waals surface area contributed by atoms with Gasteiger partial charge in [-0.15, -0.1) is 5.11 Å². The number of azo groups is 1. The van der Waals surface area contributed by atoms with Crippen LogP contribution in [0.2, 0.25) is 0 Å². The van der Waals surface area contributed by atoms with Gasteiger partial charge in [-0.1, -0.05) is 19.1 Å². The Morgan fingerprint density at radius 3 is 2.44 bits per heavy atom. The molecule has 0 spiro atoms. The average molecular weight is 340 g/mol. The zero-order valence-electron chi connectivity index (χ0n) is 14.4. The van der Waals surface area contributed by atoms with E-state index < -0.39 is 17.5 Å². The van der Waals surface area contributed by atoms with Gasteiger partial charge in [0.1, 0.15) is 11.6 Å². The van der Waals surface area contributed by atoms with Gasteiger partial charge in [-0.05, 0) is 38.0 Å². The van der Waals surface area contributed by atoms with Gasteiger partial charge in [0, 0.05) is 5.56 Å². The third-order valence-corrected chi connectivity index (χ3v) is 3.83. The highest BCUT2D eigenvalue weighted by Gasteiger charge is 2.19. The molecular formula is C18H20N4O3. The van der Waals surface area contributed by atoms with Gasteiger partial charge in [0.15, 0.2) is 5.69 Å². The Hall–Kier alpha value is -2.98. The number of pyridine rings is 1. The van der Waals surface area contributed by atoms with Gasteiger partial charge in [-0.25, -0.2) is 0 Å². The first-order valence-electron chi connectivity index (χ1n) is 7.94. The highest BCUT2D eigenvalue weighted by molar-refractivity contribution is 5.56. The zero-order valence-corrected chi connectivity index (χ0v) is 14.4. The molecule has 0 saturated heterocycles.